The van der Waals surface area contributed by atoms with Crippen molar-refractivity contribution in [3.05, 3.63) is 20.8 Å². The summed E-state index contributed by atoms with van der Waals surface area (Å²) in [4.78, 5) is 38.3. The minimum atomic E-state index is -0.384. The fraction of sp³-hybridized carbons (Fsp3) is 0.722. The summed E-state index contributed by atoms with van der Waals surface area (Å²) in [5, 5.41) is 6.05. The van der Waals surface area contributed by atoms with Crippen LogP contribution in [0.2, 0.25) is 0 Å². The number of hydrogen-bond donors (Lipinski definition) is 2. The van der Waals surface area contributed by atoms with Gasteiger partial charge in [-0.3, -0.25) is 18.7 Å². The van der Waals surface area contributed by atoms with Crippen LogP contribution in [0.3, 0.4) is 0 Å². The van der Waals surface area contributed by atoms with Gasteiger partial charge in [0.15, 0.2) is 0 Å². The molecule has 1 fully saturated rings. The zero-order valence-electron chi connectivity index (χ0n) is 15.0. The summed E-state index contributed by atoms with van der Waals surface area (Å²) < 4.78 is 2.90. The fourth-order valence-corrected chi connectivity index (χ4v) is 3.73. The number of fused-ring (bicyclic) bond motifs is 1. The minimum Gasteiger partial charge on any atom is -0.369 e. The van der Waals surface area contributed by atoms with Crippen molar-refractivity contribution < 1.29 is 4.79 Å². The highest BCUT2D eigenvalue weighted by Crippen LogP contribution is 2.27. The van der Waals surface area contributed by atoms with E-state index in [4.69, 9.17) is 0 Å². The molecule has 0 aromatic carbocycles. The summed E-state index contributed by atoms with van der Waals surface area (Å²) in [5.74, 6) is 0.359. The number of nitrogens with one attached hydrogen (secondary N) is 2. The molecule has 0 radical (unpaired) electrons. The van der Waals surface area contributed by atoms with Crippen LogP contribution in [-0.2, 0) is 17.9 Å². The molecule has 0 bridgehead atoms. The van der Waals surface area contributed by atoms with Crippen LogP contribution in [0.4, 0.5) is 11.5 Å². The summed E-state index contributed by atoms with van der Waals surface area (Å²) in [6, 6.07) is 0. The number of aromatic nitrogens is 2. The first-order valence-corrected chi connectivity index (χ1v) is 9.56. The molecule has 138 valence electrons. The van der Waals surface area contributed by atoms with E-state index in [1.54, 1.807) is 4.57 Å². The Morgan fingerprint density at radius 1 is 1.20 bits per heavy atom. The molecule has 1 aromatic rings. The third-order valence-electron chi connectivity index (χ3n) is 5.24. The van der Waals surface area contributed by atoms with Crippen molar-refractivity contribution in [2.45, 2.75) is 71.4 Å². The van der Waals surface area contributed by atoms with Crippen LogP contribution in [-0.4, -0.2) is 21.6 Å². The summed E-state index contributed by atoms with van der Waals surface area (Å²) in [5.41, 5.74) is -0.415. The lowest BCUT2D eigenvalue weighted by atomic mass is 10.1. The molecular weight excluding hydrogens is 320 g/mol. The first-order chi connectivity index (χ1) is 12.1. The van der Waals surface area contributed by atoms with E-state index in [9.17, 15) is 14.4 Å². The monoisotopic (exact) mass is 348 g/mol. The van der Waals surface area contributed by atoms with Crippen LogP contribution < -0.4 is 21.9 Å². The molecule has 1 aliphatic heterocycles. The van der Waals surface area contributed by atoms with Crippen LogP contribution in [0.1, 0.15) is 58.3 Å². The van der Waals surface area contributed by atoms with Crippen LogP contribution in [0.25, 0.3) is 0 Å². The second-order valence-electron chi connectivity index (χ2n) is 7.07. The number of unbranched alkanes of at least 4 members (excludes halogenated alkanes) is 1. The van der Waals surface area contributed by atoms with Gasteiger partial charge < -0.3 is 10.6 Å². The Bertz CT molecular complexity index is 744. The highest BCUT2D eigenvalue weighted by molar-refractivity contribution is 5.95. The summed E-state index contributed by atoms with van der Waals surface area (Å²) in [6.45, 7) is 3.68. The third-order valence-corrected chi connectivity index (χ3v) is 5.24. The van der Waals surface area contributed by atoms with Crippen molar-refractivity contribution in [2.75, 3.05) is 17.2 Å². The predicted octanol–water partition coefficient (Wildman–Crippen LogP) is 2.14. The normalized spacial score (nSPS) is 17.6. The molecule has 7 nitrogen and oxygen atoms in total. The molecule has 1 amide bonds. The van der Waals surface area contributed by atoms with Crippen LogP contribution in [0.5, 0.6) is 0 Å². The summed E-state index contributed by atoms with van der Waals surface area (Å²) in [6.07, 6.45) is 7.33. The maximum atomic E-state index is 12.9. The first-order valence-electron chi connectivity index (χ1n) is 9.56. The van der Waals surface area contributed by atoms with E-state index in [0.29, 0.717) is 25.5 Å². The van der Waals surface area contributed by atoms with Gasteiger partial charge in [-0.15, -0.1) is 0 Å². The van der Waals surface area contributed by atoms with Crippen LogP contribution >= 0.6 is 0 Å². The van der Waals surface area contributed by atoms with Crippen molar-refractivity contribution >= 4 is 17.4 Å². The average molecular weight is 348 g/mol. The van der Waals surface area contributed by atoms with Crippen molar-refractivity contribution in [3.63, 3.8) is 0 Å². The lowest BCUT2D eigenvalue weighted by molar-refractivity contribution is -0.119. The topological polar surface area (TPSA) is 85.1 Å². The van der Waals surface area contributed by atoms with Crippen LogP contribution in [0, 0.1) is 5.92 Å². The fourth-order valence-electron chi connectivity index (χ4n) is 3.73. The van der Waals surface area contributed by atoms with Crippen molar-refractivity contribution in [2.24, 2.45) is 5.92 Å². The maximum Gasteiger partial charge on any atom is 0.332 e. The van der Waals surface area contributed by atoms with E-state index < -0.39 is 0 Å². The van der Waals surface area contributed by atoms with Gasteiger partial charge in [0, 0.05) is 25.6 Å². The van der Waals surface area contributed by atoms with Crippen molar-refractivity contribution in [1.29, 1.82) is 0 Å². The molecule has 3 rings (SSSR count). The largest absolute Gasteiger partial charge is 0.369 e. The van der Waals surface area contributed by atoms with Crippen molar-refractivity contribution in [1.82, 2.24) is 9.13 Å². The Morgan fingerprint density at radius 2 is 1.96 bits per heavy atom. The molecule has 1 aliphatic carbocycles. The second-order valence-corrected chi connectivity index (χ2v) is 7.07. The zero-order chi connectivity index (χ0) is 17.8. The van der Waals surface area contributed by atoms with Gasteiger partial charge >= 0.3 is 5.69 Å². The first kappa shape index (κ1) is 17.8. The van der Waals surface area contributed by atoms with Gasteiger partial charge in [0.1, 0.15) is 11.5 Å². The lowest BCUT2D eigenvalue weighted by Gasteiger charge is -2.19. The number of nitrogens with zero attached hydrogens (tertiary/aromatic N) is 2. The molecule has 1 saturated carbocycles. The van der Waals surface area contributed by atoms with E-state index >= 15 is 0 Å². The SMILES string of the molecule is CCCCn1c(=O)c(NC(=O)C2CCCC2)c2n(c1=O)CCCCN2. The predicted molar refractivity (Wildman–Crippen MR) is 98.2 cm³/mol. The molecule has 0 spiro atoms. The summed E-state index contributed by atoms with van der Waals surface area (Å²) >= 11 is 0. The number of amides is 1. The Kier molecular flexibility index (Phi) is 5.60. The van der Waals surface area contributed by atoms with Gasteiger partial charge in [-0.1, -0.05) is 26.2 Å². The van der Waals surface area contributed by atoms with Gasteiger partial charge in [-0.25, -0.2) is 4.79 Å². The number of anilines is 2. The highest BCUT2D eigenvalue weighted by atomic mass is 16.2. The molecule has 7 heteroatoms. The number of rotatable bonds is 5. The number of carbonyl (C=O) groups is 1. The molecule has 25 heavy (non-hydrogen) atoms. The molecule has 0 unspecified atom stereocenters. The highest BCUT2D eigenvalue weighted by Gasteiger charge is 2.27. The van der Waals surface area contributed by atoms with Gasteiger partial charge in [-0.05, 0) is 32.1 Å². The minimum absolute atomic E-state index is 0.0261. The molecule has 0 saturated heterocycles. The molecule has 1 aromatic heterocycles. The van der Waals surface area contributed by atoms with Gasteiger partial charge in [0.05, 0.1) is 0 Å². The zero-order valence-corrected chi connectivity index (χ0v) is 15.0. The van der Waals surface area contributed by atoms with Crippen molar-refractivity contribution in [3.8, 4) is 0 Å². The van der Waals surface area contributed by atoms with E-state index in [1.165, 1.54) is 4.57 Å². The number of carbonyl (C=O) groups excluding carboxylic acids is 1. The van der Waals surface area contributed by atoms with Gasteiger partial charge in [0.2, 0.25) is 5.91 Å². The third kappa shape index (κ3) is 3.65. The maximum absolute atomic E-state index is 12.9. The van der Waals surface area contributed by atoms with E-state index in [1.807, 2.05) is 6.92 Å². The smallest absolute Gasteiger partial charge is 0.332 e. The molecule has 2 aliphatic rings. The average Bonchev–Trinajstić information content (AvgIpc) is 3.03. The van der Waals surface area contributed by atoms with E-state index in [-0.39, 0.29) is 28.8 Å². The Morgan fingerprint density at radius 3 is 2.68 bits per heavy atom. The Hall–Kier alpha value is -2.05. The summed E-state index contributed by atoms with van der Waals surface area (Å²) in [7, 11) is 0. The molecule has 2 N–H and O–H groups in total. The Labute approximate surface area is 147 Å². The lowest BCUT2D eigenvalue weighted by Crippen LogP contribution is -2.43. The Balaban J connectivity index is 2.03. The van der Waals surface area contributed by atoms with Gasteiger partial charge in [-0.2, -0.15) is 0 Å². The quantitative estimate of drug-likeness (QED) is 0.854. The van der Waals surface area contributed by atoms with E-state index in [2.05, 4.69) is 10.6 Å². The molecular formula is C18H28N4O3. The molecule has 2 heterocycles. The number of hydrogen-bond acceptors (Lipinski definition) is 4. The standard InChI is InChI=1S/C18H28N4O3/c1-2-3-11-22-17(24)14(20-16(23)13-8-4-5-9-13)15-19-10-6-7-12-21(15)18(22)25/h13,19H,2-12H2,1H3,(H,20,23). The second kappa shape index (κ2) is 7.89. The molecule has 0 atom stereocenters. The van der Waals surface area contributed by atoms with Crippen LogP contribution in [0.15, 0.2) is 9.59 Å². The van der Waals surface area contributed by atoms with Gasteiger partial charge in [0.25, 0.3) is 5.56 Å². The van der Waals surface area contributed by atoms with E-state index in [0.717, 1.165) is 51.4 Å².